The topological polar surface area (TPSA) is 55.0 Å². The number of nitrogens with two attached hydrogens (primary N) is 1. The highest BCUT2D eigenvalue weighted by molar-refractivity contribution is 9.10. The van der Waals surface area contributed by atoms with Crippen LogP contribution in [0.1, 0.15) is 11.1 Å². The fraction of sp³-hybridized carbons (Fsp3) is 0.231. The zero-order valence-corrected chi connectivity index (χ0v) is 11.8. The predicted molar refractivity (Wildman–Crippen MR) is 76.2 cm³/mol. The van der Waals surface area contributed by atoms with E-state index in [1.165, 1.54) is 5.56 Å². The van der Waals surface area contributed by atoms with E-state index in [0.29, 0.717) is 6.54 Å². The van der Waals surface area contributed by atoms with Gasteiger partial charge in [-0.15, -0.1) is 5.10 Å². The lowest BCUT2D eigenvalue weighted by molar-refractivity contribution is 0.841. The number of benzene rings is 1. The van der Waals surface area contributed by atoms with Crippen LogP contribution in [0.5, 0.6) is 0 Å². The Labute approximate surface area is 115 Å². The van der Waals surface area contributed by atoms with E-state index >= 15 is 0 Å². The second-order valence-corrected chi connectivity index (χ2v) is 4.89. The highest BCUT2D eigenvalue weighted by Crippen LogP contribution is 2.21. The van der Waals surface area contributed by atoms with Gasteiger partial charge >= 0.3 is 0 Å². The van der Waals surface area contributed by atoms with E-state index in [9.17, 15) is 0 Å². The summed E-state index contributed by atoms with van der Waals surface area (Å²) in [7, 11) is 1.99. The maximum Gasteiger partial charge on any atom is 0.155 e. The zero-order chi connectivity index (χ0) is 13.0. The molecule has 0 amide bonds. The Balaban J connectivity index is 2.22. The standard InChI is InChI=1S/C13H15BrN4/c1-18(9-11-4-2-3-5-12(11)14)13-10(8-15)6-7-16-17-13/h2-7H,8-9,15H2,1H3. The molecule has 18 heavy (non-hydrogen) atoms. The molecular weight excluding hydrogens is 292 g/mol. The van der Waals surface area contributed by atoms with Gasteiger partial charge in [0.25, 0.3) is 0 Å². The Kier molecular flexibility index (Phi) is 4.28. The van der Waals surface area contributed by atoms with Crippen LogP contribution < -0.4 is 10.6 Å². The van der Waals surface area contributed by atoms with Gasteiger partial charge in [-0.05, 0) is 17.7 Å². The minimum Gasteiger partial charge on any atom is -0.354 e. The Morgan fingerprint density at radius 2 is 2.00 bits per heavy atom. The van der Waals surface area contributed by atoms with Crippen LogP contribution in [0.25, 0.3) is 0 Å². The number of aromatic nitrogens is 2. The van der Waals surface area contributed by atoms with Gasteiger partial charge < -0.3 is 10.6 Å². The average Bonchev–Trinajstić information content (AvgIpc) is 2.41. The van der Waals surface area contributed by atoms with Crippen molar-refractivity contribution in [2.24, 2.45) is 5.73 Å². The molecule has 0 bridgehead atoms. The summed E-state index contributed by atoms with van der Waals surface area (Å²) >= 11 is 3.55. The van der Waals surface area contributed by atoms with Crippen LogP contribution in [-0.4, -0.2) is 17.2 Å². The molecule has 94 valence electrons. The van der Waals surface area contributed by atoms with E-state index in [0.717, 1.165) is 22.4 Å². The first-order chi connectivity index (χ1) is 8.72. The van der Waals surface area contributed by atoms with Crippen molar-refractivity contribution in [3.8, 4) is 0 Å². The van der Waals surface area contributed by atoms with Crippen molar-refractivity contribution in [1.29, 1.82) is 0 Å². The van der Waals surface area contributed by atoms with Crippen molar-refractivity contribution in [1.82, 2.24) is 10.2 Å². The number of hydrogen-bond acceptors (Lipinski definition) is 4. The molecule has 0 atom stereocenters. The number of anilines is 1. The lowest BCUT2D eigenvalue weighted by Crippen LogP contribution is -2.21. The highest BCUT2D eigenvalue weighted by atomic mass is 79.9. The van der Waals surface area contributed by atoms with E-state index in [-0.39, 0.29) is 0 Å². The van der Waals surface area contributed by atoms with Crippen molar-refractivity contribution in [3.63, 3.8) is 0 Å². The van der Waals surface area contributed by atoms with Gasteiger partial charge in [-0.2, -0.15) is 5.10 Å². The number of rotatable bonds is 4. The highest BCUT2D eigenvalue weighted by Gasteiger charge is 2.10. The van der Waals surface area contributed by atoms with Crippen molar-refractivity contribution < 1.29 is 0 Å². The Bertz CT molecular complexity index is 530. The number of nitrogens with zero attached hydrogens (tertiary/aromatic N) is 3. The van der Waals surface area contributed by atoms with Gasteiger partial charge in [-0.1, -0.05) is 34.1 Å². The minimum absolute atomic E-state index is 0.463. The van der Waals surface area contributed by atoms with Crippen LogP contribution >= 0.6 is 15.9 Å². The first-order valence-corrected chi connectivity index (χ1v) is 6.47. The van der Waals surface area contributed by atoms with Gasteiger partial charge in [0.05, 0.1) is 6.20 Å². The van der Waals surface area contributed by atoms with E-state index in [1.807, 2.05) is 31.3 Å². The van der Waals surface area contributed by atoms with Crippen molar-refractivity contribution >= 4 is 21.7 Å². The molecule has 0 unspecified atom stereocenters. The molecule has 4 nitrogen and oxygen atoms in total. The zero-order valence-electron chi connectivity index (χ0n) is 10.2. The summed E-state index contributed by atoms with van der Waals surface area (Å²) in [6.07, 6.45) is 1.66. The van der Waals surface area contributed by atoms with Crippen molar-refractivity contribution in [3.05, 3.63) is 52.1 Å². The summed E-state index contributed by atoms with van der Waals surface area (Å²) < 4.78 is 1.09. The van der Waals surface area contributed by atoms with Gasteiger partial charge in [0.1, 0.15) is 0 Å². The van der Waals surface area contributed by atoms with E-state index in [1.54, 1.807) is 6.20 Å². The molecule has 0 saturated carbocycles. The van der Waals surface area contributed by atoms with Crippen LogP contribution in [0.2, 0.25) is 0 Å². The first-order valence-electron chi connectivity index (χ1n) is 5.67. The normalized spacial score (nSPS) is 10.4. The summed E-state index contributed by atoms with van der Waals surface area (Å²) in [6, 6.07) is 10.0. The van der Waals surface area contributed by atoms with Crippen molar-refractivity contribution in [2.45, 2.75) is 13.1 Å². The van der Waals surface area contributed by atoms with Gasteiger partial charge in [0, 0.05) is 30.2 Å². The maximum absolute atomic E-state index is 5.71. The van der Waals surface area contributed by atoms with Gasteiger partial charge in [0.15, 0.2) is 5.82 Å². The molecule has 2 N–H and O–H groups in total. The predicted octanol–water partition coefficient (Wildman–Crippen LogP) is 2.33. The second-order valence-electron chi connectivity index (χ2n) is 4.03. The summed E-state index contributed by atoms with van der Waals surface area (Å²) in [5, 5.41) is 8.08. The van der Waals surface area contributed by atoms with Crippen molar-refractivity contribution in [2.75, 3.05) is 11.9 Å². The SMILES string of the molecule is CN(Cc1ccccc1Br)c1nnccc1CN. The Morgan fingerprint density at radius 3 is 2.72 bits per heavy atom. The molecule has 0 fully saturated rings. The lowest BCUT2D eigenvalue weighted by Gasteiger charge is -2.20. The van der Waals surface area contributed by atoms with E-state index in [4.69, 9.17) is 5.73 Å². The molecule has 0 aliphatic rings. The largest absolute Gasteiger partial charge is 0.354 e. The molecule has 1 aromatic carbocycles. The molecule has 0 radical (unpaired) electrons. The molecule has 2 aromatic rings. The molecule has 5 heteroatoms. The number of halogens is 1. The molecule has 0 spiro atoms. The monoisotopic (exact) mass is 306 g/mol. The smallest absolute Gasteiger partial charge is 0.155 e. The second kappa shape index (κ2) is 5.93. The minimum atomic E-state index is 0.463. The summed E-state index contributed by atoms with van der Waals surface area (Å²) in [5.41, 5.74) is 7.91. The third-order valence-corrected chi connectivity index (χ3v) is 3.50. The quantitative estimate of drug-likeness (QED) is 0.942. The van der Waals surface area contributed by atoms with Crippen LogP contribution in [0.15, 0.2) is 41.0 Å². The van der Waals surface area contributed by atoms with Crippen LogP contribution in [-0.2, 0) is 13.1 Å². The molecule has 0 aliphatic carbocycles. The third kappa shape index (κ3) is 2.86. The van der Waals surface area contributed by atoms with Crippen LogP contribution in [0, 0.1) is 0 Å². The summed E-state index contributed by atoms with van der Waals surface area (Å²) in [4.78, 5) is 2.05. The average molecular weight is 307 g/mol. The molecule has 1 heterocycles. The Morgan fingerprint density at radius 1 is 1.22 bits per heavy atom. The van der Waals surface area contributed by atoms with Gasteiger partial charge in [-0.25, -0.2) is 0 Å². The van der Waals surface area contributed by atoms with Gasteiger partial charge in [0.2, 0.25) is 0 Å². The van der Waals surface area contributed by atoms with E-state index in [2.05, 4.69) is 37.1 Å². The Hall–Kier alpha value is -1.46. The fourth-order valence-corrected chi connectivity index (χ4v) is 2.20. The molecular formula is C13H15BrN4. The molecule has 1 aromatic heterocycles. The van der Waals surface area contributed by atoms with Crippen LogP contribution in [0.4, 0.5) is 5.82 Å². The van der Waals surface area contributed by atoms with Gasteiger partial charge in [-0.3, -0.25) is 0 Å². The van der Waals surface area contributed by atoms with Crippen LogP contribution in [0.3, 0.4) is 0 Å². The third-order valence-electron chi connectivity index (χ3n) is 2.73. The lowest BCUT2D eigenvalue weighted by atomic mass is 10.2. The molecule has 2 rings (SSSR count). The first kappa shape index (κ1) is 13.0. The van der Waals surface area contributed by atoms with E-state index < -0.39 is 0 Å². The summed E-state index contributed by atoms with van der Waals surface area (Å²) in [6.45, 7) is 1.22. The molecule has 0 aliphatic heterocycles. The fourth-order valence-electron chi connectivity index (χ4n) is 1.79. The number of hydrogen-bond donors (Lipinski definition) is 1. The molecule has 0 saturated heterocycles. The summed E-state index contributed by atoms with van der Waals surface area (Å²) in [5.74, 6) is 0.829. The maximum atomic E-state index is 5.71.